The fourth-order valence-corrected chi connectivity index (χ4v) is 2.82. The zero-order valence-corrected chi connectivity index (χ0v) is 15.2. The summed E-state index contributed by atoms with van der Waals surface area (Å²) in [4.78, 5) is 2.19. The second kappa shape index (κ2) is 8.15. The fourth-order valence-electron chi connectivity index (χ4n) is 2.17. The van der Waals surface area contributed by atoms with E-state index in [4.69, 9.17) is 0 Å². The van der Waals surface area contributed by atoms with E-state index in [-0.39, 0.29) is 0 Å². The van der Waals surface area contributed by atoms with Crippen LogP contribution in [0.1, 0.15) is 39.3 Å². The average molecular weight is 345 g/mol. The molecule has 2 unspecified atom stereocenters. The third-order valence-corrected chi connectivity index (χ3v) is 4.34. The Morgan fingerprint density at radius 3 is 2.50 bits per heavy atom. The van der Waals surface area contributed by atoms with Gasteiger partial charge in [-0.2, -0.15) is 5.10 Å². The van der Waals surface area contributed by atoms with E-state index >= 15 is 0 Å². The van der Waals surface area contributed by atoms with Crippen LogP contribution in [0.15, 0.2) is 10.7 Å². The maximum atomic E-state index is 4.51. The quantitative estimate of drug-likeness (QED) is 0.786. The third-order valence-electron chi connectivity index (χ3n) is 3.73. The van der Waals surface area contributed by atoms with Gasteiger partial charge in [-0.05, 0) is 42.5 Å². The maximum Gasteiger partial charge on any atom is 0.0635 e. The molecule has 0 saturated heterocycles. The monoisotopic (exact) mass is 344 g/mol. The first kappa shape index (κ1) is 17.7. The highest BCUT2D eigenvalue weighted by atomic mass is 79.9. The Labute approximate surface area is 132 Å². The maximum absolute atomic E-state index is 4.51. The molecule has 0 amide bonds. The number of rotatable bonds is 8. The number of likely N-dealkylation sites (N-methyl/N-ethyl adjacent to an activating group) is 1. The number of hydrogen-bond acceptors (Lipinski definition) is 3. The van der Waals surface area contributed by atoms with Crippen LogP contribution >= 0.6 is 15.9 Å². The van der Waals surface area contributed by atoms with Crippen molar-refractivity contribution in [2.24, 2.45) is 5.92 Å². The molecule has 20 heavy (non-hydrogen) atoms. The normalized spacial score (nSPS) is 15.1. The minimum absolute atomic E-state index is 0.472. The molecule has 0 saturated carbocycles. The van der Waals surface area contributed by atoms with Crippen molar-refractivity contribution < 1.29 is 0 Å². The van der Waals surface area contributed by atoms with Crippen molar-refractivity contribution in [2.45, 2.75) is 46.2 Å². The first-order valence-corrected chi connectivity index (χ1v) is 8.21. The van der Waals surface area contributed by atoms with E-state index in [1.54, 1.807) is 0 Å². The lowest BCUT2D eigenvalue weighted by Crippen LogP contribution is -2.31. The van der Waals surface area contributed by atoms with Crippen molar-refractivity contribution >= 4 is 15.9 Å². The Hall–Kier alpha value is -0.390. The summed E-state index contributed by atoms with van der Waals surface area (Å²) in [6.45, 7) is 11.9. The largest absolute Gasteiger partial charge is 0.314 e. The van der Waals surface area contributed by atoms with Crippen molar-refractivity contribution in [2.75, 3.05) is 27.2 Å². The Morgan fingerprint density at radius 1 is 1.30 bits per heavy atom. The van der Waals surface area contributed by atoms with Crippen LogP contribution in [0.5, 0.6) is 0 Å². The van der Waals surface area contributed by atoms with E-state index in [1.165, 1.54) is 5.69 Å². The first-order chi connectivity index (χ1) is 9.32. The average Bonchev–Trinajstić information content (AvgIpc) is 2.73. The predicted octanol–water partition coefficient (Wildman–Crippen LogP) is 2.94. The zero-order valence-electron chi connectivity index (χ0n) is 13.7. The van der Waals surface area contributed by atoms with E-state index in [2.05, 4.69) is 77.7 Å². The van der Waals surface area contributed by atoms with Gasteiger partial charge in [-0.3, -0.25) is 4.68 Å². The number of halogens is 1. The van der Waals surface area contributed by atoms with Gasteiger partial charge >= 0.3 is 0 Å². The molecule has 1 aromatic heterocycles. The molecule has 0 aliphatic heterocycles. The fraction of sp³-hybridized carbons (Fsp3) is 0.800. The molecule has 1 rings (SSSR count). The third kappa shape index (κ3) is 5.19. The van der Waals surface area contributed by atoms with E-state index in [1.807, 2.05) is 6.20 Å². The highest BCUT2D eigenvalue weighted by Gasteiger charge is 2.21. The minimum atomic E-state index is 0.472. The molecule has 0 aromatic carbocycles. The van der Waals surface area contributed by atoms with Gasteiger partial charge in [0.2, 0.25) is 0 Å². The van der Waals surface area contributed by atoms with Gasteiger partial charge in [-0.15, -0.1) is 0 Å². The van der Waals surface area contributed by atoms with Crippen LogP contribution in [0.4, 0.5) is 0 Å². The van der Waals surface area contributed by atoms with Crippen LogP contribution in [0.3, 0.4) is 0 Å². The molecule has 1 aromatic rings. The van der Waals surface area contributed by atoms with E-state index in [0.29, 0.717) is 17.9 Å². The van der Waals surface area contributed by atoms with Gasteiger partial charge in [0, 0.05) is 18.5 Å². The number of hydrogen-bond donors (Lipinski definition) is 1. The molecule has 1 N–H and O–H groups in total. The molecule has 0 aliphatic rings. The van der Waals surface area contributed by atoms with E-state index in [0.717, 1.165) is 24.1 Å². The van der Waals surface area contributed by atoms with Crippen LogP contribution in [0.2, 0.25) is 0 Å². The highest BCUT2D eigenvalue weighted by Crippen LogP contribution is 2.30. The van der Waals surface area contributed by atoms with Gasteiger partial charge in [0.05, 0.1) is 22.9 Å². The topological polar surface area (TPSA) is 33.1 Å². The van der Waals surface area contributed by atoms with Gasteiger partial charge < -0.3 is 10.2 Å². The second-order valence-corrected chi connectivity index (χ2v) is 7.09. The summed E-state index contributed by atoms with van der Waals surface area (Å²) in [7, 11) is 4.19. The smallest absolute Gasteiger partial charge is 0.0635 e. The summed E-state index contributed by atoms with van der Waals surface area (Å²) >= 11 is 3.66. The lowest BCUT2D eigenvalue weighted by Gasteiger charge is -2.23. The number of nitrogens with zero attached hydrogens (tertiary/aromatic N) is 3. The molecule has 0 aliphatic carbocycles. The summed E-state index contributed by atoms with van der Waals surface area (Å²) < 4.78 is 3.26. The zero-order chi connectivity index (χ0) is 15.3. The Bertz CT molecular complexity index is 401. The number of nitrogens with one attached hydrogen (secondary N) is 1. The van der Waals surface area contributed by atoms with Crippen LogP contribution in [0.25, 0.3) is 0 Å². The van der Waals surface area contributed by atoms with Crippen molar-refractivity contribution in [1.82, 2.24) is 20.0 Å². The van der Waals surface area contributed by atoms with Gasteiger partial charge in [0.25, 0.3) is 0 Å². The molecule has 116 valence electrons. The van der Waals surface area contributed by atoms with Crippen molar-refractivity contribution in [1.29, 1.82) is 0 Å². The lowest BCUT2D eigenvalue weighted by atomic mass is 9.92. The Kier molecular flexibility index (Phi) is 7.20. The van der Waals surface area contributed by atoms with Crippen LogP contribution < -0.4 is 5.32 Å². The summed E-state index contributed by atoms with van der Waals surface area (Å²) in [5.41, 5.74) is 1.31. The molecule has 0 fully saturated rings. The SMILES string of the molecule is CC(C)NCC(C)C(C)c1c(Br)cnn1CCN(C)C. The molecule has 4 nitrogen and oxygen atoms in total. The molecule has 0 radical (unpaired) electrons. The van der Waals surface area contributed by atoms with E-state index in [9.17, 15) is 0 Å². The van der Waals surface area contributed by atoms with Gasteiger partial charge in [-0.25, -0.2) is 0 Å². The molecule has 0 bridgehead atoms. The van der Waals surface area contributed by atoms with E-state index < -0.39 is 0 Å². The lowest BCUT2D eigenvalue weighted by molar-refractivity contribution is 0.355. The Morgan fingerprint density at radius 2 is 1.95 bits per heavy atom. The molecule has 2 atom stereocenters. The van der Waals surface area contributed by atoms with Crippen LogP contribution in [-0.4, -0.2) is 47.9 Å². The summed E-state index contributed by atoms with van der Waals surface area (Å²) in [5.74, 6) is 1.05. The molecular formula is C15H29BrN4. The van der Waals surface area contributed by atoms with Crippen molar-refractivity contribution in [3.63, 3.8) is 0 Å². The van der Waals surface area contributed by atoms with Crippen LogP contribution in [0, 0.1) is 5.92 Å². The number of aromatic nitrogens is 2. The first-order valence-electron chi connectivity index (χ1n) is 7.42. The predicted molar refractivity (Wildman–Crippen MR) is 89.2 cm³/mol. The summed E-state index contributed by atoms with van der Waals surface area (Å²) in [6.07, 6.45) is 1.92. The highest BCUT2D eigenvalue weighted by molar-refractivity contribution is 9.10. The molecular weight excluding hydrogens is 316 g/mol. The standard InChI is InChI=1S/C15H29BrN4/c1-11(2)17-9-12(3)13(4)15-14(16)10-18-20(15)8-7-19(5)6/h10-13,17H,7-9H2,1-6H3. The second-order valence-electron chi connectivity index (χ2n) is 6.23. The van der Waals surface area contributed by atoms with Gasteiger partial charge in [0.15, 0.2) is 0 Å². The Balaban J connectivity index is 2.75. The van der Waals surface area contributed by atoms with Crippen LogP contribution in [-0.2, 0) is 6.54 Å². The van der Waals surface area contributed by atoms with Crippen molar-refractivity contribution in [3.8, 4) is 0 Å². The van der Waals surface area contributed by atoms with Crippen molar-refractivity contribution in [3.05, 3.63) is 16.4 Å². The summed E-state index contributed by atoms with van der Waals surface area (Å²) in [6, 6.07) is 0.534. The molecule has 5 heteroatoms. The van der Waals surface area contributed by atoms with Gasteiger partial charge in [-0.1, -0.05) is 27.7 Å². The molecule has 1 heterocycles. The van der Waals surface area contributed by atoms with Gasteiger partial charge in [0.1, 0.15) is 0 Å². The minimum Gasteiger partial charge on any atom is -0.314 e. The summed E-state index contributed by atoms with van der Waals surface area (Å²) in [5, 5.41) is 8.03. The molecule has 0 spiro atoms.